The first-order chi connectivity index (χ1) is 14.0. The molecule has 2 aromatic carbocycles. The highest BCUT2D eigenvalue weighted by molar-refractivity contribution is 5.96. The summed E-state index contributed by atoms with van der Waals surface area (Å²) < 4.78 is 0. The van der Waals surface area contributed by atoms with Crippen LogP contribution < -0.4 is 10.2 Å². The quantitative estimate of drug-likeness (QED) is 0.873. The number of nitrogens with one attached hydrogen (secondary N) is 1. The monoisotopic (exact) mass is 392 g/mol. The number of nitrogens with zero attached hydrogens (tertiary/aromatic N) is 3. The van der Waals surface area contributed by atoms with Gasteiger partial charge in [0, 0.05) is 31.0 Å². The minimum Gasteiger partial charge on any atom is -0.323 e. The van der Waals surface area contributed by atoms with Crippen molar-refractivity contribution in [1.82, 2.24) is 9.80 Å². The zero-order valence-electron chi connectivity index (χ0n) is 17.1. The molecule has 3 amide bonds. The van der Waals surface area contributed by atoms with E-state index >= 15 is 0 Å². The van der Waals surface area contributed by atoms with Gasteiger partial charge in [0.1, 0.15) is 0 Å². The van der Waals surface area contributed by atoms with Crippen molar-refractivity contribution in [3.63, 3.8) is 0 Å². The lowest BCUT2D eigenvalue weighted by atomic mass is 9.92. The van der Waals surface area contributed by atoms with Gasteiger partial charge in [0.25, 0.3) is 0 Å². The Morgan fingerprint density at radius 2 is 1.79 bits per heavy atom. The molecule has 2 aliphatic rings. The lowest BCUT2D eigenvalue weighted by Crippen LogP contribution is -2.64. The molecule has 0 radical (unpaired) electrons. The predicted molar refractivity (Wildman–Crippen MR) is 115 cm³/mol. The second-order valence-electron chi connectivity index (χ2n) is 8.01. The first-order valence-corrected chi connectivity index (χ1v) is 10.2. The van der Waals surface area contributed by atoms with Crippen LogP contribution in [0.3, 0.4) is 0 Å². The van der Waals surface area contributed by atoms with Gasteiger partial charge < -0.3 is 15.1 Å². The van der Waals surface area contributed by atoms with E-state index in [4.69, 9.17) is 0 Å². The summed E-state index contributed by atoms with van der Waals surface area (Å²) in [5.74, 6) is 0.101. The van der Waals surface area contributed by atoms with Crippen molar-refractivity contribution in [2.75, 3.05) is 43.4 Å². The molecule has 6 heteroatoms. The number of piperazine rings is 1. The fraction of sp³-hybridized carbons (Fsp3) is 0.391. The summed E-state index contributed by atoms with van der Waals surface area (Å²) in [6, 6.07) is 17.7. The maximum Gasteiger partial charge on any atom is 0.321 e. The third kappa shape index (κ3) is 3.72. The van der Waals surface area contributed by atoms with E-state index in [9.17, 15) is 9.59 Å². The number of carbonyl (C=O) groups excluding carboxylic acids is 2. The number of likely N-dealkylation sites (N-methyl/N-ethyl adjacent to an activating group) is 1. The van der Waals surface area contributed by atoms with E-state index in [1.54, 1.807) is 0 Å². The van der Waals surface area contributed by atoms with Crippen LogP contribution in [0.2, 0.25) is 0 Å². The van der Waals surface area contributed by atoms with Crippen LogP contribution in [-0.2, 0) is 11.2 Å². The zero-order chi connectivity index (χ0) is 20.4. The van der Waals surface area contributed by atoms with E-state index in [1.165, 1.54) is 0 Å². The number of para-hydroxylation sites is 2. The van der Waals surface area contributed by atoms with Gasteiger partial charge >= 0.3 is 6.03 Å². The second kappa shape index (κ2) is 7.87. The number of amides is 3. The van der Waals surface area contributed by atoms with E-state index in [1.807, 2.05) is 71.4 Å². The van der Waals surface area contributed by atoms with Crippen molar-refractivity contribution in [2.45, 2.75) is 25.3 Å². The van der Waals surface area contributed by atoms with Gasteiger partial charge in [0.05, 0.1) is 12.1 Å². The SMILES string of the molecule is CCc1ccccc1NC(=O)N1CC[C@]2(C1)CN(c1ccccc1)C(=O)CN2C. The Morgan fingerprint density at radius 3 is 2.55 bits per heavy atom. The number of rotatable bonds is 3. The molecule has 152 valence electrons. The Bertz CT molecular complexity index is 901. The van der Waals surface area contributed by atoms with Gasteiger partial charge in [0.15, 0.2) is 0 Å². The maximum absolute atomic E-state index is 12.9. The molecule has 0 saturated carbocycles. The number of urea groups is 1. The number of carbonyl (C=O) groups is 2. The van der Waals surface area contributed by atoms with Crippen LogP contribution >= 0.6 is 0 Å². The lowest BCUT2D eigenvalue weighted by Gasteiger charge is -2.46. The van der Waals surface area contributed by atoms with Crippen LogP contribution in [0.15, 0.2) is 54.6 Å². The van der Waals surface area contributed by atoms with E-state index in [0.717, 1.165) is 29.8 Å². The van der Waals surface area contributed by atoms with Crippen molar-refractivity contribution >= 4 is 23.3 Å². The number of likely N-dealkylation sites (tertiary alicyclic amines) is 1. The van der Waals surface area contributed by atoms with E-state index in [2.05, 4.69) is 17.1 Å². The predicted octanol–water partition coefficient (Wildman–Crippen LogP) is 3.20. The molecule has 1 spiro atoms. The van der Waals surface area contributed by atoms with Gasteiger partial charge in [-0.05, 0) is 43.7 Å². The molecule has 2 fully saturated rings. The first-order valence-electron chi connectivity index (χ1n) is 10.2. The van der Waals surface area contributed by atoms with Gasteiger partial charge in [-0.1, -0.05) is 43.3 Å². The van der Waals surface area contributed by atoms with Crippen LogP contribution in [0.5, 0.6) is 0 Å². The summed E-state index contributed by atoms with van der Waals surface area (Å²) in [4.78, 5) is 31.5. The largest absolute Gasteiger partial charge is 0.323 e. The van der Waals surface area contributed by atoms with E-state index in [-0.39, 0.29) is 17.5 Å². The summed E-state index contributed by atoms with van der Waals surface area (Å²) in [7, 11) is 1.99. The van der Waals surface area contributed by atoms with Crippen molar-refractivity contribution < 1.29 is 9.59 Å². The van der Waals surface area contributed by atoms with Gasteiger partial charge in [-0.25, -0.2) is 4.79 Å². The molecule has 2 saturated heterocycles. The highest BCUT2D eigenvalue weighted by Crippen LogP contribution is 2.33. The molecule has 1 N–H and O–H groups in total. The van der Waals surface area contributed by atoms with Crippen molar-refractivity contribution in [1.29, 1.82) is 0 Å². The standard InChI is InChI=1S/C23H28N4O2/c1-3-18-9-7-8-12-20(18)24-22(29)26-14-13-23(16-26)17-27(21(28)15-25(23)2)19-10-5-4-6-11-19/h4-12H,3,13-17H2,1-2H3,(H,24,29)/t23-/m0/s1. The molecule has 1 atom stereocenters. The number of hydrogen-bond acceptors (Lipinski definition) is 3. The molecule has 2 aliphatic heterocycles. The Hall–Kier alpha value is -2.86. The summed E-state index contributed by atoms with van der Waals surface area (Å²) in [6.45, 7) is 4.34. The number of hydrogen-bond donors (Lipinski definition) is 1. The van der Waals surface area contributed by atoms with Crippen molar-refractivity contribution in [3.8, 4) is 0 Å². The first kappa shape index (κ1) is 19.5. The fourth-order valence-corrected chi connectivity index (χ4v) is 4.42. The summed E-state index contributed by atoms with van der Waals surface area (Å²) in [5.41, 5.74) is 2.71. The summed E-state index contributed by atoms with van der Waals surface area (Å²) in [5, 5.41) is 3.08. The van der Waals surface area contributed by atoms with Crippen molar-refractivity contribution in [3.05, 3.63) is 60.2 Å². The zero-order valence-corrected chi connectivity index (χ0v) is 17.1. The molecule has 0 bridgehead atoms. The third-order valence-corrected chi connectivity index (χ3v) is 6.26. The molecular formula is C23H28N4O2. The Morgan fingerprint density at radius 1 is 1.07 bits per heavy atom. The number of anilines is 2. The highest BCUT2D eigenvalue weighted by atomic mass is 16.2. The molecule has 2 heterocycles. The minimum absolute atomic E-state index is 0.0701. The smallest absolute Gasteiger partial charge is 0.321 e. The van der Waals surface area contributed by atoms with Gasteiger partial charge in [0.2, 0.25) is 5.91 Å². The summed E-state index contributed by atoms with van der Waals surface area (Å²) >= 11 is 0. The van der Waals surface area contributed by atoms with Gasteiger partial charge in [-0.2, -0.15) is 0 Å². The van der Waals surface area contributed by atoms with Crippen molar-refractivity contribution in [2.24, 2.45) is 0 Å². The molecular weight excluding hydrogens is 364 g/mol. The molecule has 0 unspecified atom stereocenters. The van der Waals surface area contributed by atoms with Gasteiger partial charge in [-0.15, -0.1) is 0 Å². The minimum atomic E-state index is -0.217. The third-order valence-electron chi connectivity index (χ3n) is 6.26. The Labute approximate surface area is 172 Å². The van der Waals surface area contributed by atoms with Crippen LogP contribution in [0.25, 0.3) is 0 Å². The maximum atomic E-state index is 12.9. The molecule has 29 heavy (non-hydrogen) atoms. The second-order valence-corrected chi connectivity index (χ2v) is 8.01. The molecule has 2 aromatic rings. The summed E-state index contributed by atoms with van der Waals surface area (Å²) in [6.07, 6.45) is 1.72. The van der Waals surface area contributed by atoms with E-state index < -0.39 is 0 Å². The topological polar surface area (TPSA) is 55.9 Å². The van der Waals surface area contributed by atoms with Crippen LogP contribution in [-0.4, -0.2) is 60.5 Å². The number of benzene rings is 2. The van der Waals surface area contributed by atoms with Crippen LogP contribution in [0, 0.1) is 0 Å². The number of aryl methyl sites for hydroxylation is 1. The molecule has 6 nitrogen and oxygen atoms in total. The van der Waals surface area contributed by atoms with Gasteiger partial charge in [-0.3, -0.25) is 9.69 Å². The molecule has 0 aliphatic carbocycles. The molecule has 4 rings (SSSR count). The van der Waals surface area contributed by atoms with E-state index in [0.29, 0.717) is 26.2 Å². The lowest BCUT2D eigenvalue weighted by molar-refractivity contribution is -0.123. The highest BCUT2D eigenvalue weighted by Gasteiger charge is 2.48. The van der Waals surface area contributed by atoms with Crippen LogP contribution in [0.4, 0.5) is 16.2 Å². The Kier molecular flexibility index (Phi) is 5.28. The van der Waals surface area contributed by atoms with Crippen LogP contribution in [0.1, 0.15) is 18.9 Å². The average Bonchev–Trinajstić information content (AvgIpc) is 3.17. The average molecular weight is 393 g/mol. The Balaban J connectivity index is 1.49. The fourth-order valence-electron chi connectivity index (χ4n) is 4.42. The molecule has 0 aromatic heterocycles. The normalized spacial score (nSPS) is 22.3.